The van der Waals surface area contributed by atoms with Crippen molar-refractivity contribution in [2.24, 2.45) is 5.73 Å². The molecule has 0 aromatic heterocycles. The Balaban J connectivity index is 2.98. The molecule has 0 aromatic carbocycles. The quantitative estimate of drug-likeness (QED) is 0.407. The fraction of sp³-hybridized carbons (Fsp3) is 1.00. The van der Waals surface area contributed by atoms with E-state index in [1.54, 1.807) is 0 Å². The van der Waals surface area contributed by atoms with Crippen LogP contribution in [0.2, 0.25) is 0 Å². The van der Waals surface area contributed by atoms with E-state index in [1.807, 2.05) is 0 Å². The molecule has 1 aliphatic heterocycles. The number of aliphatic hydroxyl groups is 4. The second-order valence-electron chi connectivity index (χ2n) is 3.73. The number of hydrogen-bond acceptors (Lipinski definition) is 7. The van der Waals surface area contributed by atoms with Gasteiger partial charge in [-0.1, -0.05) is 4.57 Å². The second-order valence-corrected chi connectivity index (χ2v) is 8.73. The molecule has 4 atom stereocenters. The monoisotopic (exact) mass is 272 g/mol. The van der Waals surface area contributed by atoms with Gasteiger partial charge in [-0.3, -0.25) is 0 Å². The number of rotatable bonds is 3. The summed E-state index contributed by atoms with van der Waals surface area (Å²) >= 11 is 0. The third-order valence-corrected chi connectivity index (χ3v) is 8.11. The maximum atomic E-state index is 12.2. The molecule has 4 unspecified atom stereocenters. The van der Waals surface area contributed by atoms with Gasteiger partial charge in [0.2, 0.25) is 0 Å². The summed E-state index contributed by atoms with van der Waals surface area (Å²) in [6, 6.07) is 0. The van der Waals surface area contributed by atoms with Gasteiger partial charge in [0.1, 0.15) is 0 Å². The smallest absolute Gasteiger partial charge is 0.378 e. The predicted octanol–water partition coefficient (Wildman–Crippen LogP) is -1.19. The van der Waals surface area contributed by atoms with Gasteiger partial charge in [0, 0.05) is 6.16 Å². The molecule has 1 fully saturated rings. The lowest BCUT2D eigenvalue weighted by molar-refractivity contribution is 0.0669. The molecule has 1 aliphatic rings. The molecular formula is C7H16NO6P2+. The molecule has 1 rings (SSSR count). The van der Waals surface area contributed by atoms with Gasteiger partial charge >= 0.3 is 7.80 Å². The van der Waals surface area contributed by atoms with Gasteiger partial charge in [0.25, 0.3) is 11.7 Å². The number of hydrogen-bond donors (Lipinski definition) is 5. The topological polar surface area (TPSA) is 141 Å². The van der Waals surface area contributed by atoms with E-state index in [9.17, 15) is 29.6 Å². The van der Waals surface area contributed by atoms with Crippen LogP contribution in [0.3, 0.4) is 0 Å². The first-order valence-electron chi connectivity index (χ1n) is 4.82. The Bertz CT molecular complexity index is 302. The highest BCUT2D eigenvalue weighted by molar-refractivity contribution is 7.68. The van der Waals surface area contributed by atoms with E-state index in [-0.39, 0.29) is 19.1 Å². The van der Waals surface area contributed by atoms with Crippen molar-refractivity contribution in [3.05, 3.63) is 0 Å². The van der Waals surface area contributed by atoms with E-state index in [4.69, 9.17) is 5.73 Å². The Morgan fingerprint density at radius 1 is 1.12 bits per heavy atom. The largest absolute Gasteiger partial charge is 0.408 e. The summed E-state index contributed by atoms with van der Waals surface area (Å²) in [7, 11) is -6.22. The van der Waals surface area contributed by atoms with Gasteiger partial charge < -0.3 is 30.7 Å². The van der Waals surface area contributed by atoms with Crippen LogP contribution in [0.1, 0.15) is 6.42 Å². The van der Waals surface area contributed by atoms with Crippen molar-refractivity contribution >= 4 is 14.9 Å². The van der Waals surface area contributed by atoms with Crippen LogP contribution in [-0.4, -0.2) is 56.5 Å². The molecule has 0 radical (unpaired) electrons. The van der Waals surface area contributed by atoms with Crippen LogP contribution >= 0.6 is 14.9 Å². The molecule has 1 heterocycles. The van der Waals surface area contributed by atoms with Crippen molar-refractivity contribution in [3.63, 3.8) is 0 Å². The third kappa shape index (κ3) is 2.22. The molecule has 9 heteroatoms. The Labute approximate surface area is 93.4 Å². The first-order valence-corrected chi connectivity index (χ1v) is 8.25. The van der Waals surface area contributed by atoms with Crippen LogP contribution in [0.15, 0.2) is 0 Å². The molecule has 16 heavy (non-hydrogen) atoms. The molecular weight excluding hydrogens is 256 g/mol. The minimum atomic E-state index is -3.61. The van der Waals surface area contributed by atoms with Crippen molar-refractivity contribution in [3.8, 4) is 0 Å². The number of nitrogens with two attached hydrogens (primary N) is 1. The van der Waals surface area contributed by atoms with E-state index in [2.05, 4.69) is 0 Å². The molecule has 94 valence electrons. The summed E-state index contributed by atoms with van der Waals surface area (Å²) < 4.78 is 23.5. The summed E-state index contributed by atoms with van der Waals surface area (Å²) in [5, 5.41) is 37.9. The Morgan fingerprint density at radius 3 is 1.94 bits per heavy atom. The van der Waals surface area contributed by atoms with Crippen molar-refractivity contribution in [1.29, 1.82) is 0 Å². The highest BCUT2D eigenvalue weighted by Gasteiger charge is 2.62. The van der Waals surface area contributed by atoms with Gasteiger partial charge in [-0.25, -0.2) is 0 Å². The average molecular weight is 272 g/mol. The molecule has 0 spiro atoms. The van der Waals surface area contributed by atoms with E-state index < -0.39 is 38.3 Å². The minimum Gasteiger partial charge on any atom is -0.378 e. The van der Waals surface area contributed by atoms with E-state index in [0.717, 1.165) is 0 Å². The molecule has 0 amide bonds. The van der Waals surface area contributed by atoms with Crippen molar-refractivity contribution < 1.29 is 29.6 Å². The first-order chi connectivity index (χ1) is 7.36. The van der Waals surface area contributed by atoms with Crippen LogP contribution in [0.5, 0.6) is 0 Å². The lowest BCUT2D eigenvalue weighted by atomic mass is 10.5. The van der Waals surface area contributed by atoms with Crippen LogP contribution in [-0.2, 0) is 9.13 Å². The van der Waals surface area contributed by atoms with Gasteiger partial charge in [-0.05, 0) is 13.0 Å². The third-order valence-electron chi connectivity index (χ3n) is 2.66. The SMILES string of the molecule is NCCCP1(=O)C(O)C(O)[P+](=O)C(O)C1O. The van der Waals surface area contributed by atoms with Gasteiger partial charge in [-0.2, -0.15) is 0 Å². The van der Waals surface area contributed by atoms with Crippen molar-refractivity contribution in [1.82, 2.24) is 0 Å². The zero-order valence-corrected chi connectivity index (χ0v) is 10.3. The minimum absolute atomic E-state index is 0.0941. The Morgan fingerprint density at radius 2 is 1.56 bits per heavy atom. The first kappa shape index (κ1) is 14.2. The normalized spacial score (nSPS) is 46.9. The van der Waals surface area contributed by atoms with E-state index >= 15 is 0 Å². The second kappa shape index (κ2) is 5.19. The van der Waals surface area contributed by atoms with Crippen LogP contribution in [0.25, 0.3) is 0 Å². The highest BCUT2D eigenvalue weighted by atomic mass is 31.2. The molecule has 0 aromatic rings. The molecule has 7 nitrogen and oxygen atoms in total. The zero-order valence-electron chi connectivity index (χ0n) is 8.51. The molecule has 0 aliphatic carbocycles. The van der Waals surface area contributed by atoms with Gasteiger partial charge in [-0.15, -0.1) is 0 Å². The van der Waals surface area contributed by atoms with Crippen LogP contribution in [0.4, 0.5) is 0 Å². The Kier molecular flexibility index (Phi) is 4.60. The average Bonchev–Trinajstić information content (AvgIpc) is 2.29. The lowest BCUT2D eigenvalue weighted by Gasteiger charge is -2.32. The maximum Gasteiger partial charge on any atom is 0.408 e. The molecule has 0 saturated carbocycles. The lowest BCUT2D eigenvalue weighted by Crippen LogP contribution is -2.41. The maximum absolute atomic E-state index is 12.2. The fourth-order valence-corrected chi connectivity index (χ4v) is 7.03. The van der Waals surface area contributed by atoms with Gasteiger partial charge in [0.05, 0.1) is 0 Å². The number of aliphatic hydroxyl groups excluding tert-OH is 4. The van der Waals surface area contributed by atoms with Crippen molar-refractivity contribution in [2.45, 2.75) is 29.8 Å². The summed E-state index contributed by atoms with van der Waals surface area (Å²) in [6.45, 7) is 0.210. The van der Waals surface area contributed by atoms with E-state index in [1.165, 1.54) is 0 Å². The van der Waals surface area contributed by atoms with Crippen molar-refractivity contribution in [2.75, 3.05) is 12.7 Å². The van der Waals surface area contributed by atoms with Crippen LogP contribution in [0, 0.1) is 0 Å². The summed E-state index contributed by atoms with van der Waals surface area (Å²) in [5.74, 6) is -7.06. The Hall–Kier alpha value is 0.130. The standard InChI is InChI=1S/C7H16NO6P2/c8-2-1-3-16(14)6(11)4(9)15(13)5(10)7(16)12/h4-7,9-12H,1-3,8H2/q+1. The highest BCUT2D eigenvalue weighted by Crippen LogP contribution is 2.65. The molecule has 1 saturated heterocycles. The zero-order chi connectivity index (χ0) is 12.5. The van der Waals surface area contributed by atoms with Crippen LogP contribution < -0.4 is 5.73 Å². The summed E-state index contributed by atoms with van der Waals surface area (Å²) in [6.07, 6.45) is 0.185. The summed E-state index contributed by atoms with van der Waals surface area (Å²) in [5.41, 5.74) is 5.23. The summed E-state index contributed by atoms with van der Waals surface area (Å²) in [4.78, 5) is 0. The predicted molar refractivity (Wildman–Crippen MR) is 57.8 cm³/mol. The molecule has 6 N–H and O–H groups in total. The molecule has 0 bridgehead atoms. The van der Waals surface area contributed by atoms with E-state index in [0.29, 0.717) is 0 Å². The fourth-order valence-electron chi connectivity index (χ4n) is 1.63. The van der Waals surface area contributed by atoms with Gasteiger partial charge in [0.15, 0.2) is 18.8 Å².